The number of nitrogens with zero attached hydrogens (tertiary/aromatic N) is 1. The number of benzene rings is 2. The fourth-order valence-electron chi connectivity index (χ4n) is 2.24. The van der Waals surface area contributed by atoms with Gasteiger partial charge >= 0.3 is 5.97 Å². The first-order chi connectivity index (χ1) is 10.5. The summed E-state index contributed by atoms with van der Waals surface area (Å²) in [6.07, 6.45) is 0. The second kappa shape index (κ2) is 7.09. The van der Waals surface area contributed by atoms with Gasteiger partial charge in [0.05, 0.1) is 17.8 Å². The normalized spacial score (nSPS) is 10.3. The van der Waals surface area contributed by atoms with Gasteiger partial charge < -0.3 is 10.0 Å². The van der Waals surface area contributed by atoms with E-state index in [-0.39, 0.29) is 17.9 Å². The number of carbonyl (C=O) groups excluding carboxylic acids is 1. The molecule has 2 rings (SSSR count). The number of hydrogen-bond acceptors (Lipinski definition) is 3. The SMILES string of the molecule is CC(=O)CN(Cc1ccc(Cl)cc1)c1ccccc1C(=O)O. The Kier molecular flexibility index (Phi) is 5.17. The van der Waals surface area contributed by atoms with Gasteiger partial charge in [0.25, 0.3) is 0 Å². The van der Waals surface area contributed by atoms with Crippen LogP contribution in [0, 0.1) is 0 Å². The monoisotopic (exact) mass is 317 g/mol. The van der Waals surface area contributed by atoms with Crippen LogP contribution in [-0.4, -0.2) is 23.4 Å². The molecule has 0 aliphatic heterocycles. The number of carboxylic acids is 1. The maximum Gasteiger partial charge on any atom is 0.337 e. The summed E-state index contributed by atoms with van der Waals surface area (Å²) in [5.74, 6) is -1.05. The van der Waals surface area contributed by atoms with Gasteiger partial charge in [0.15, 0.2) is 0 Å². The fourth-order valence-corrected chi connectivity index (χ4v) is 2.36. The van der Waals surface area contributed by atoms with Crippen molar-refractivity contribution in [1.29, 1.82) is 0 Å². The van der Waals surface area contributed by atoms with Crippen LogP contribution < -0.4 is 4.90 Å². The summed E-state index contributed by atoms with van der Waals surface area (Å²) in [5.41, 5.74) is 1.66. The van der Waals surface area contributed by atoms with Gasteiger partial charge in [0, 0.05) is 11.6 Å². The number of hydrogen-bond donors (Lipinski definition) is 1. The Labute approximate surface area is 133 Å². The van der Waals surface area contributed by atoms with E-state index < -0.39 is 5.97 Å². The van der Waals surface area contributed by atoms with Crippen molar-refractivity contribution in [2.75, 3.05) is 11.4 Å². The molecule has 0 unspecified atom stereocenters. The van der Waals surface area contributed by atoms with Crippen molar-refractivity contribution >= 4 is 29.0 Å². The van der Waals surface area contributed by atoms with Crippen LogP contribution in [0.1, 0.15) is 22.8 Å². The molecule has 0 atom stereocenters. The number of rotatable bonds is 6. The molecule has 0 aliphatic carbocycles. The molecule has 5 heteroatoms. The quantitative estimate of drug-likeness (QED) is 0.883. The molecule has 0 saturated heterocycles. The molecule has 0 spiro atoms. The maximum absolute atomic E-state index is 11.5. The second-order valence-electron chi connectivity index (χ2n) is 5.01. The van der Waals surface area contributed by atoms with Crippen LogP contribution >= 0.6 is 11.6 Å². The van der Waals surface area contributed by atoms with E-state index in [0.717, 1.165) is 5.56 Å². The summed E-state index contributed by atoms with van der Waals surface area (Å²) in [5, 5.41) is 9.95. The highest BCUT2D eigenvalue weighted by molar-refractivity contribution is 6.30. The summed E-state index contributed by atoms with van der Waals surface area (Å²) < 4.78 is 0. The van der Waals surface area contributed by atoms with Crippen molar-refractivity contribution in [2.45, 2.75) is 13.5 Å². The number of aromatic carboxylic acids is 1. The van der Waals surface area contributed by atoms with E-state index in [4.69, 9.17) is 11.6 Å². The van der Waals surface area contributed by atoms with E-state index in [0.29, 0.717) is 17.3 Å². The van der Waals surface area contributed by atoms with Gasteiger partial charge in [0.2, 0.25) is 0 Å². The van der Waals surface area contributed by atoms with E-state index in [1.54, 1.807) is 35.2 Å². The van der Waals surface area contributed by atoms with Crippen molar-refractivity contribution in [2.24, 2.45) is 0 Å². The third-order valence-corrected chi connectivity index (χ3v) is 3.43. The van der Waals surface area contributed by atoms with Crippen LogP contribution in [0.2, 0.25) is 5.02 Å². The Bertz CT molecular complexity index is 683. The fraction of sp³-hybridized carbons (Fsp3) is 0.176. The minimum absolute atomic E-state index is 0.0332. The zero-order chi connectivity index (χ0) is 16.1. The van der Waals surface area contributed by atoms with E-state index in [1.807, 2.05) is 12.1 Å². The summed E-state index contributed by atoms with van der Waals surface area (Å²) >= 11 is 5.87. The van der Waals surface area contributed by atoms with Crippen molar-refractivity contribution < 1.29 is 14.7 Å². The molecule has 1 N–H and O–H groups in total. The maximum atomic E-state index is 11.5. The molecule has 4 nitrogen and oxygen atoms in total. The molecule has 2 aromatic rings. The zero-order valence-corrected chi connectivity index (χ0v) is 12.9. The van der Waals surface area contributed by atoms with Crippen molar-refractivity contribution in [1.82, 2.24) is 0 Å². The Morgan fingerprint density at radius 3 is 2.32 bits per heavy atom. The van der Waals surface area contributed by atoms with Gasteiger partial charge in [-0.2, -0.15) is 0 Å². The Hall–Kier alpha value is -2.33. The van der Waals surface area contributed by atoms with Crippen LogP contribution in [-0.2, 0) is 11.3 Å². The number of Topliss-reactive ketones (excluding diaryl/α,β-unsaturated/α-hetero) is 1. The first-order valence-corrected chi connectivity index (χ1v) is 7.16. The molecule has 0 saturated carbocycles. The average Bonchev–Trinajstić information content (AvgIpc) is 2.48. The molecule has 22 heavy (non-hydrogen) atoms. The number of carbonyl (C=O) groups is 2. The highest BCUT2D eigenvalue weighted by atomic mass is 35.5. The van der Waals surface area contributed by atoms with Gasteiger partial charge in [-0.3, -0.25) is 4.79 Å². The molecular formula is C17H16ClNO3. The Morgan fingerprint density at radius 1 is 1.09 bits per heavy atom. The van der Waals surface area contributed by atoms with Gasteiger partial charge in [-0.15, -0.1) is 0 Å². The predicted octanol–water partition coefficient (Wildman–Crippen LogP) is 3.63. The summed E-state index contributed by atoms with van der Waals surface area (Å²) in [6.45, 7) is 2.06. The number of halogens is 1. The van der Waals surface area contributed by atoms with Crippen LogP contribution in [0.5, 0.6) is 0 Å². The lowest BCUT2D eigenvalue weighted by atomic mass is 10.1. The first kappa shape index (κ1) is 16.0. The van der Waals surface area contributed by atoms with Crippen molar-refractivity contribution in [3.8, 4) is 0 Å². The molecule has 0 heterocycles. The Morgan fingerprint density at radius 2 is 1.73 bits per heavy atom. The van der Waals surface area contributed by atoms with Crippen LogP contribution in [0.4, 0.5) is 5.69 Å². The number of carboxylic acid groups (broad SMARTS) is 1. The standard InChI is InChI=1S/C17H16ClNO3/c1-12(20)10-19(11-13-6-8-14(18)9-7-13)16-5-3-2-4-15(16)17(21)22/h2-9H,10-11H2,1H3,(H,21,22). The lowest BCUT2D eigenvalue weighted by Crippen LogP contribution is -2.29. The predicted molar refractivity (Wildman–Crippen MR) is 86.6 cm³/mol. The van der Waals surface area contributed by atoms with Crippen LogP contribution in [0.3, 0.4) is 0 Å². The molecule has 0 aromatic heterocycles. The van der Waals surface area contributed by atoms with Crippen LogP contribution in [0.15, 0.2) is 48.5 Å². The first-order valence-electron chi connectivity index (χ1n) is 6.78. The highest BCUT2D eigenvalue weighted by Gasteiger charge is 2.17. The number of ketones is 1. The van der Waals surface area contributed by atoms with Gasteiger partial charge in [0.1, 0.15) is 5.78 Å². The van der Waals surface area contributed by atoms with Gasteiger partial charge in [-0.25, -0.2) is 4.79 Å². The third-order valence-electron chi connectivity index (χ3n) is 3.18. The molecule has 2 aromatic carbocycles. The molecule has 0 aliphatic rings. The van der Waals surface area contributed by atoms with Gasteiger partial charge in [-0.05, 0) is 36.8 Å². The highest BCUT2D eigenvalue weighted by Crippen LogP contribution is 2.23. The smallest absolute Gasteiger partial charge is 0.337 e. The van der Waals surface area contributed by atoms with Crippen molar-refractivity contribution in [3.05, 3.63) is 64.7 Å². The van der Waals surface area contributed by atoms with E-state index in [1.165, 1.54) is 13.0 Å². The van der Waals surface area contributed by atoms with E-state index >= 15 is 0 Å². The zero-order valence-electron chi connectivity index (χ0n) is 12.1. The average molecular weight is 318 g/mol. The molecule has 114 valence electrons. The molecular weight excluding hydrogens is 302 g/mol. The molecule has 0 bridgehead atoms. The minimum atomic E-state index is -1.01. The Balaban J connectivity index is 2.36. The lowest BCUT2D eigenvalue weighted by Gasteiger charge is -2.25. The lowest BCUT2D eigenvalue weighted by molar-refractivity contribution is -0.115. The largest absolute Gasteiger partial charge is 0.478 e. The topological polar surface area (TPSA) is 57.6 Å². The third kappa shape index (κ3) is 4.09. The van der Waals surface area contributed by atoms with E-state index in [2.05, 4.69) is 0 Å². The summed E-state index contributed by atoms with van der Waals surface area (Å²) in [7, 11) is 0. The summed E-state index contributed by atoms with van der Waals surface area (Å²) in [4.78, 5) is 24.7. The van der Waals surface area contributed by atoms with E-state index in [9.17, 15) is 14.7 Å². The minimum Gasteiger partial charge on any atom is -0.478 e. The summed E-state index contributed by atoms with van der Waals surface area (Å²) in [6, 6.07) is 13.9. The van der Waals surface area contributed by atoms with Gasteiger partial charge in [-0.1, -0.05) is 35.9 Å². The molecule has 0 fully saturated rings. The molecule has 0 amide bonds. The van der Waals surface area contributed by atoms with Crippen molar-refractivity contribution in [3.63, 3.8) is 0 Å². The number of anilines is 1. The molecule has 0 radical (unpaired) electrons. The van der Waals surface area contributed by atoms with Crippen LogP contribution in [0.25, 0.3) is 0 Å². The number of para-hydroxylation sites is 1. The second-order valence-corrected chi connectivity index (χ2v) is 5.44.